The van der Waals surface area contributed by atoms with Crippen molar-refractivity contribution in [3.05, 3.63) is 17.7 Å². The lowest BCUT2D eigenvalue weighted by atomic mass is 10.0. The summed E-state index contributed by atoms with van der Waals surface area (Å²) in [5, 5.41) is 0. The number of aldehydes is 1. The van der Waals surface area contributed by atoms with E-state index in [1.54, 1.807) is 26.4 Å². The summed E-state index contributed by atoms with van der Waals surface area (Å²) in [7, 11) is 3.12. The summed E-state index contributed by atoms with van der Waals surface area (Å²) in [5.74, 6) is 2.15. The van der Waals surface area contributed by atoms with Crippen LogP contribution in [0.1, 0.15) is 49.9 Å². The van der Waals surface area contributed by atoms with Crippen LogP contribution in [-0.4, -0.2) is 27.1 Å². The lowest BCUT2D eigenvalue weighted by molar-refractivity contribution is 0.112. The van der Waals surface area contributed by atoms with Gasteiger partial charge < -0.3 is 14.2 Å². The van der Waals surface area contributed by atoms with Crippen molar-refractivity contribution in [2.75, 3.05) is 20.8 Å². The molecule has 0 N–H and O–H groups in total. The maximum absolute atomic E-state index is 10.9. The molecule has 0 spiro atoms. The van der Waals surface area contributed by atoms with E-state index in [9.17, 15) is 4.79 Å². The Morgan fingerprint density at radius 2 is 1.76 bits per heavy atom. The van der Waals surface area contributed by atoms with Crippen LogP contribution in [0, 0.1) is 5.92 Å². The smallest absolute Gasteiger partial charge is 0.203 e. The van der Waals surface area contributed by atoms with Gasteiger partial charge in [0.05, 0.1) is 20.8 Å². The van der Waals surface area contributed by atoms with Crippen LogP contribution < -0.4 is 14.2 Å². The molecule has 0 aromatic heterocycles. The normalized spacial score (nSPS) is 11.8. The standard InChI is InChI=1S/C17H26O4/c1-5-7-8-13(6-2)12-21-17-15(19-3)9-14(11-18)10-16(17)20-4/h9-11,13H,5-8,12H2,1-4H3. The Labute approximate surface area is 127 Å². The molecule has 0 aliphatic heterocycles. The number of benzene rings is 1. The van der Waals surface area contributed by atoms with Crippen molar-refractivity contribution in [1.29, 1.82) is 0 Å². The Bertz CT molecular complexity index is 417. The molecule has 0 bridgehead atoms. The number of carbonyl (C=O) groups is 1. The number of unbranched alkanes of at least 4 members (excludes halogenated alkanes) is 1. The van der Waals surface area contributed by atoms with Crippen LogP contribution in [0.5, 0.6) is 17.2 Å². The van der Waals surface area contributed by atoms with Crippen molar-refractivity contribution >= 4 is 6.29 Å². The highest BCUT2D eigenvalue weighted by Crippen LogP contribution is 2.38. The van der Waals surface area contributed by atoms with Gasteiger partial charge in [-0.25, -0.2) is 0 Å². The summed E-state index contributed by atoms with van der Waals surface area (Å²) in [6, 6.07) is 3.33. The molecule has 21 heavy (non-hydrogen) atoms. The van der Waals surface area contributed by atoms with E-state index in [4.69, 9.17) is 14.2 Å². The Kier molecular flexibility index (Phi) is 7.65. The molecule has 0 amide bonds. The molecular weight excluding hydrogens is 268 g/mol. The topological polar surface area (TPSA) is 44.8 Å². The fraction of sp³-hybridized carbons (Fsp3) is 0.588. The van der Waals surface area contributed by atoms with Crippen LogP contribution in [0.25, 0.3) is 0 Å². The summed E-state index contributed by atoms with van der Waals surface area (Å²) in [6.45, 7) is 5.00. The van der Waals surface area contributed by atoms with E-state index in [2.05, 4.69) is 13.8 Å². The van der Waals surface area contributed by atoms with Crippen LogP contribution in [0.15, 0.2) is 12.1 Å². The molecule has 0 aliphatic carbocycles. The van der Waals surface area contributed by atoms with Gasteiger partial charge in [0.2, 0.25) is 5.75 Å². The second-order valence-electron chi connectivity index (χ2n) is 5.10. The average molecular weight is 294 g/mol. The summed E-state index contributed by atoms with van der Waals surface area (Å²) < 4.78 is 16.6. The van der Waals surface area contributed by atoms with Gasteiger partial charge in [0, 0.05) is 5.56 Å². The van der Waals surface area contributed by atoms with E-state index in [0.29, 0.717) is 35.3 Å². The van der Waals surface area contributed by atoms with Crippen molar-refractivity contribution < 1.29 is 19.0 Å². The Balaban J connectivity index is 2.87. The molecule has 4 heteroatoms. The predicted molar refractivity (Wildman–Crippen MR) is 83.7 cm³/mol. The van der Waals surface area contributed by atoms with Crippen molar-refractivity contribution in [2.45, 2.75) is 39.5 Å². The molecule has 1 atom stereocenters. The summed E-state index contributed by atoms with van der Waals surface area (Å²) in [5.41, 5.74) is 0.508. The van der Waals surface area contributed by atoms with Gasteiger partial charge in [-0.2, -0.15) is 0 Å². The maximum Gasteiger partial charge on any atom is 0.203 e. The number of methoxy groups -OCH3 is 2. The van der Waals surface area contributed by atoms with E-state index in [0.717, 1.165) is 19.1 Å². The van der Waals surface area contributed by atoms with Gasteiger partial charge in [-0.3, -0.25) is 4.79 Å². The molecule has 1 aromatic carbocycles. The number of carbonyl (C=O) groups excluding carboxylic acids is 1. The SMILES string of the molecule is CCCCC(CC)COc1c(OC)cc(C=O)cc1OC. The summed E-state index contributed by atoms with van der Waals surface area (Å²) in [6.07, 6.45) is 5.41. The van der Waals surface area contributed by atoms with Crippen LogP contribution in [0.3, 0.4) is 0 Å². The molecule has 0 aliphatic rings. The highest BCUT2D eigenvalue weighted by Gasteiger charge is 2.16. The molecule has 0 heterocycles. The van der Waals surface area contributed by atoms with Crippen molar-refractivity contribution in [2.24, 2.45) is 5.92 Å². The van der Waals surface area contributed by atoms with Gasteiger partial charge in [-0.15, -0.1) is 0 Å². The van der Waals surface area contributed by atoms with Gasteiger partial charge in [0.15, 0.2) is 11.5 Å². The number of ether oxygens (including phenoxy) is 3. The van der Waals surface area contributed by atoms with Gasteiger partial charge in [0.1, 0.15) is 6.29 Å². The Morgan fingerprint density at radius 3 is 2.19 bits per heavy atom. The van der Waals surface area contributed by atoms with Crippen LogP contribution in [-0.2, 0) is 0 Å². The van der Waals surface area contributed by atoms with Gasteiger partial charge >= 0.3 is 0 Å². The van der Waals surface area contributed by atoms with E-state index >= 15 is 0 Å². The molecule has 1 aromatic rings. The van der Waals surface area contributed by atoms with E-state index in [-0.39, 0.29) is 0 Å². The largest absolute Gasteiger partial charge is 0.493 e. The monoisotopic (exact) mass is 294 g/mol. The number of rotatable bonds is 10. The zero-order valence-corrected chi connectivity index (χ0v) is 13.5. The van der Waals surface area contributed by atoms with Crippen LogP contribution in [0.4, 0.5) is 0 Å². The lowest BCUT2D eigenvalue weighted by Crippen LogP contribution is -2.12. The van der Waals surface area contributed by atoms with Crippen LogP contribution >= 0.6 is 0 Å². The molecule has 0 radical (unpaired) electrons. The molecule has 4 nitrogen and oxygen atoms in total. The number of hydrogen-bond acceptors (Lipinski definition) is 4. The molecule has 0 saturated heterocycles. The zero-order chi connectivity index (χ0) is 15.7. The highest BCUT2D eigenvalue weighted by atomic mass is 16.5. The fourth-order valence-electron chi connectivity index (χ4n) is 2.21. The number of hydrogen-bond donors (Lipinski definition) is 0. The van der Waals surface area contributed by atoms with Crippen LogP contribution in [0.2, 0.25) is 0 Å². The lowest BCUT2D eigenvalue weighted by Gasteiger charge is -2.19. The van der Waals surface area contributed by atoms with Crippen molar-refractivity contribution in [1.82, 2.24) is 0 Å². The Hall–Kier alpha value is -1.71. The van der Waals surface area contributed by atoms with Gasteiger partial charge in [-0.1, -0.05) is 33.1 Å². The minimum absolute atomic E-state index is 0.508. The Morgan fingerprint density at radius 1 is 1.14 bits per heavy atom. The minimum atomic E-state index is 0.508. The van der Waals surface area contributed by atoms with E-state index in [1.807, 2.05) is 0 Å². The second kappa shape index (κ2) is 9.27. The fourth-order valence-corrected chi connectivity index (χ4v) is 2.21. The second-order valence-corrected chi connectivity index (χ2v) is 5.10. The third-order valence-electron chi connectivity index (χ3n) is 3.63. The molecule has 1 unspecified atom stereocenters. The zero-order valence-electron chi connectivity index (χ0n) is 13.5. The average Bonchev–Trinajstić information content (AvgIpc) is 2.54. The molecular formula is C17H26O4. The third-order valence-corrected chi connectivity index (χ3v) is 3.63. The molecule has 0 fully saturated rings. The molecule has 1 rings (SSSR count). The van der Waals surface area contributed by atoms with E-state index < -0.39 is 0 Å². The first kappa shape index (κ1) is 17.3. The van der Waals surface area contributed by atoms with Gasteiger partial charge in [0.25, 0.3) is 0 Å². The third kappa shape index (κ3) is 4.96. The minimum Gasteiger partial charge on any atom is -0.493 e. The van der Waals surface area contributed by atoms with Crippen molar-refractivity contribution in [3.8, 4) is 17.2 Å². The first-order chi connectivity index (χ1) is 10.2. The molecule has 118 valence electrons. The van der Waals surface area contributed by atoms with Crippen molar-refractivity contribution in [3.63, 3.8) is 0 Å². The summed E-state index contributed by atoms with van der Waals surface area (Å²) in [4.78, 5) is 10.9. The highest BCUT2D eigenvalue weighted by molar-refractivity contribution is 5.78. The maximum atomic E-state index is 10.9. The first-order valence-electron chi connectivity index (χ1n) is 7.54. The quantitative estimate of drug-likeness (QED) is 0.609. The molecule has 0 saturated carbocycles. The predicted octanol–water partition coefficient (Wildman–Crippen LogP) is 4.11. The first-order valence-corrected chi connectivity index (χ1v) is 7.54. The summed E-state index contributed by atoms with van der Waals surface area (Å²) >= 11 is 0. The van der Waals surface area contributed by atoms with Gasteiger partial charge in [-0.05, 0) is 24.5 Å². The van der Waals surface area contributed by atoms with E-state index in [1.165, 1.54) is 12.8 Å².